The number of ether oxygens (including phenoxy) is 1. The zero-order valence-electron chi connectivity index (χ0n) is 14.3. The lowest BCUT2D eigenvalue weighted by Gasteiger charge is -2.07. The molecule has 1 N–H and O–H groups in total. The summed E-state index contributed by atoms with van der Waals surface area (Å²) in [6.07, 6.45) is 5.96. The first kappa shape index (κ1) is 17.9. The molecule has 0 atom stereocenters. The van der Waals surface area contributed by atoms with Gasteiger partial charge in [-0.25, -0.2) is 0 Å². The van der Waals surface area contributed by atoms with E-state index in [9.17, 15) is 4.79 Å². The maximum absolute atomic E-state index is 12.3. The van der Waals surface area contributed by atoms with Crippen molar-refractivity contribution in [1.82, 2.24) is 9.78 Å². The number of rotatable bonds is 7. The van der Waals surface area contributed by atoms with Gasteiger partial charge in [-0.2, -0.15) is 5.10 Å². The van der Waals surface area contributed by atoms with Crippen molar-refractivity contribution >= 4 is 34.8 Å². The van der Waals surface area contributed by atoms with Crippen LogP contribution in [0.25, 0.3) is 0 Å². The predicted octanol–water partition coefficient (Wildman–Crippen LogP) is 5.02. The van der Waals surface area contributed by atoms with Crippen LogP contribution in [0.15, 0.2) is 47.1 Å². The largest absolute Gasteiger partial charge is 0.484 e. The van der Waals surface area contributed by atoms with Crippen molar-refractivity contribution in [3.05, 3.63) is 64.3 Å². The molecule has 0 radical (unpaired) electrons. The van der Waals surface area contributed by atoms with Crippen LogP contribution < -0.4 is 10.1 Å². The maximum atomic E-state index is 12.3. The molecule has 2 aromatic heterocycles. The second-order valence-electron chi connectivity index (χ2n) is 6.46. The quantitative estimate of drug-likeness (QED) is 0.598. The first-order chi connectivity index (χ1) is 13.1. The zero-order valence-corrected chi connectivity index (χ0v) is 15.8. The molecule has 27 heavy (non-hydrogen) atoms. The third-order valence-corrected chi connectivity index (χ3v) is 5.01. The lowest BCUT2D eigenvalue weighted by Crippen LogP contribution is -2.10. The Labute approximate surface area is 166 Å². The summed E-state index contributed by atoms with van der Waals surface area (Å²) >= 11 is 12.0. The monoisotopic (exact) mass is 405 g/mol. The third kappa shape index (κ3) is 4.46. The molecule has 0 unspecified atom stereocenters. The van der Waals surface area contributed by atoms with E-state index in [1.54, 1.807) is 36.5 Å². The van der Waals surface area contributed by atoms with E-state index in [-0.39, 0.29) is 18.3 Å². The number of hydrogen-bond donors (Lipinski definition) is 1. The highest BCUT2D eigenvalue weighted by Crippen LogP contribution is 2.32. The first-order valence-corrected chi connectivity index (χ1v) is 9.33. The highest BCUT2D eigenvalue weighted by atomic mass is 35.5. The second kappa shape index (κ2) is 7.66. The van der Waals surface area contributed by atoms with Gasteiger partial charge in [0.1, 0.15) is 23.1 Å². The molecule has 140 valence electrons. The Hall–Kier alpha value is -2.44. The predicted molar refractivity (Wildman–Crippen MR) is 102 cm³/mol. The number of nitrogens with one attached hydrogen (secondary N) is 1. The minimum Gasteiger partial charge on any atom is -0.484 e. The summed E-state index contributed by atoms with van der Waals surface area (Å²) in [5.41, 5.74) is 0.639. The average molecular weight is 406 g/mol. The number of aromatic nitrogens is 2. The van der Waals surface area contributed by atoms with Gasteiger partial charge in [0.05, 0.1) is 16.9 Å². The minimum absolute atomic E-state index is 0.132. The minimum atomic E-state index is -0.340. The molecule has 1 aromatic carbocycles. The second-order valence-corrected chi connectivity index (χ2v) is 7.24. The number of nitrogens with zero attached hydrogens (tertiary/aromatic N) is 2. The van der Waals surface area contributed by atoms with E-state index in [1.165, 1.54) is 12.8 Å². The van der Waals surface area contributed by atoms with Gasteiger partial charge in [-0.05, 0) is 43.0 Å². The Bertz CT molecular complexity index is 963. The number of benzene rings is 1. The molecule has 0 bridgehead atoms. The van der Waals surface area contributed by atoms with E-state index >= 15 is 0 Å². The summed E-state index contributed by atoms with van der Waals surface area (Å²) in [6, 6.07) is 8.42. The Kier molecular flexibility index (Phi) is 5.09. The van der Waals surface area contributed by atoms with E-state index in [0.717, 1.165) is 6.54 Å². The Morgan fingerprint density at radius 1 is 1.30 bits per heavy atom. The fourth-order valence-electron chi connectivity index (χ4n) is 2.61. The van der Waals surface area contributed by atoms with Crippen molar-refractivity contribution in [3.63, 3.8) is 0 Å². The molecule has 0 saturated heterocycles. The number of carbonyl (C=O) groups is 1. The van der Waals surface area contributed by atoms with Crippen molar-refractivity contribution in [2.75, 3.05) is 5.32 Å². The van der Waals surface area contributed by atoms with Crippen LogP contribution in [-0.4, -0.2) is 15.7 Å². The SMILES string of the molecule is O=C(Nc1cnn(CC2CC2)c1)c1ccc(COc2cccc(Cl)c2Cl)o1. The summed E-state index contributed by atoms with van der Waals surface area (Å²) in [4.78, 5) is 12.3. The van der Waals surface area contributed by atoms with Crippen molar-refractivity contribution in [2.24, 2.45) is 5.92 Å². The van der Waals surface area contributed by atoms with Gasteiger partial charge in [-0.1, -0.05) is 29.3 Å². The van der Waals surface area contributed by atoms with Crippen LogP contribution in [0.2, 0.25) is 10.0 Å². The number of carbonyl (C=O) groups excluding carboxylic acids is 1. The van der Waals surface area contributed by atoms with Crippen LogP contribution in [0.4, 0.5) is 5.69 Å². The smallest absolute Gasteiger partial charge is 0.291 e. The average Bonchev–Trinajstić information content (AvgIpc) is 3.15. The molecule has 3 aromatic rings. The van der Waals surface area contributed by atoms with E-state index in [2.05, 4.69) is 10.4 Å². The van der Waals surface area contributed by atoms with Crippen LogP contribution in [-0.2, 0) is 13.2 Å². The van der Waals surface area contributed by atoms with Crippen molar-refractivity contribution in [1.29, 1.82) is 0 Å². The Balaban J connectivity index is 1.34. The fraction of sp³-hybridized carbons (Fsp3) is 0.263. The molecule has 0 aliphatic heterocycles. The Morgan fingerprint density at radius 2 is 2.15 bits per heavy atom. The summed E-state index contributed by atoms with van der Waals surface area (Å²) in [5, 5.41) is 7.79. The molecule has 4 rings (SSSR count). The summed E-state index contributed by atoms with van der Waals surface area (Å²) < 4.78 is 13.0. The van der Waals surface area contributed by atoms with Crippen molar-refractivity contribution in [2.45, 2.75) is 26.0 Å². The van der Waals surface area contributed by atoms with E-state index < -0.39 is 0 Å². The maximum Gasteiger partial charge on any atom is 0.291 e. The highest BCUT2D eigenvalue weighted by molar-refractivity contribution is 6.42. The topological polar surface area (TPSA) is 69.3 Å². The van der Waals surface area contributed by atoms with Crippen molar-refractivity contribution < 1.29 is 13.9 Å². The number of amides is 1. The summed E-state index contributed by atoms with van der Waals surface area (Å²) in [5.74, 6) is 1.53. The van der Waals surface area contributed by atoms with Gasteiger partial charge in [0.15, 0.2) is 5.76 Å². The molecule has 0 spiro atoms. The molecule has 1 amide bonds. The normalized spacial score (nSPS) is 13.6. The van der Waals surface area contributed by atoms with E-state index in [0.29, 0.717) is 33.2 Å². The highest BCUT2D eigenvalue weighted by Gasteiger charge is 2.22. The van der Waals surface area contributed by atoms with Gasteiger partial charge in [-0.3, -0.25) is 9.48 Å². The number of hydrogen-bond acceptors (Lipinski definition) is 4. The van der Waals surface area contributed by atoms with Gasteiger partial charge >= 0.3 is 0 Å². The number of anilines is 1. The van der Waals surface area contributed by atoms with Gasteiger partial charge in [0.2, 0.25) is 0 Å². The first-order valence-electron chi connectivity index (χ1n) is 8.58. The van der Waals surface area contributed by atoms with Gasteiger partial charge in [-0.15, -0.1) is 0 Å². The lowest BCUT2D eigenvalue weighted by atomic mass is 10.3. The molecule has 1 saturated carbocycles. The molecule has 1 aliphatic carbocycles. The van der Waals surface area contributed by atoms with E-state index in [4.69, 9.17) is 32.4 Å². The molecule has 1 aliphatic rings. The molecular formula is C19H17Cl2N3O3. The molecule has 6 nitrogen and oxygen atoms in total. The summed E-state index contributed by atoms with van der Waals surface area (Å²) in [7, 11) is 0. The van der Waals surface area contributed by atoms with Gasteiger partial charge in [0.25, 0.3) is 5.91 Å². The molecule has 8 heteroatoms. The van der Waals surface area contributed by atoms with Gasteiger partial charge < -0.3 is 14.5 Å². The van der Waals surface area contributed by atoms with Crippen LogP contribution in [0.3, 0.4) is 0 Å². The van der Waals surface area contributed by atoms with Crippen LogP contribution >= 0.6 is 23.2 Å². The van der Waals surface area contributed by atoms with Crippen molar-refractivity contribution in [3.8, 4) is 5.75 Å². The van der Waals surface area contributed by atoms with Crippen LogP contribution in [0.5, 0.6) is 5.75 Å². The van der Waals surface area contributed by atoms with Crippen LogP contribution in [0.1, 0.15) is 29.2 Å². The number of halogens is 2. The fourth-order valence-corrected chi connectivity index (χ4v) is 2.95. The molecule has 2 heterocycles. The standard InChI is InChI=1S/C19H17Cl2N3O3/c20-15-2-1-3-16(18(15)21)26-11-14-6-7-17(27-14)19(25)23-13-8-22-24(10-13)9-12-4-5-12/h1-3,6-8,10,12H,4-5,9,11H2,(H,23,25). The van der Waals surface area contributed by atoms with E-state index in [1.807, 2.05) is 10.9 Å². The molecule has 1 fully saturated rings. The zero-order chi connectivity index (χ0) is 18.8. The Morgan fingerprint density at radius 3 is 2.96 bits per heavy atom. The summed E-state index contributed by atoms with van der Waals surface area (Å²) in [6.45, 7) is 1.02. The molecular weight excluding hydrogens is 389 g/mol. The number of furan rings is 1. The lowest BCUT2D eigenvalue weighted by molar-refractivity contribution is 0.0992. The third-order valence-electron chi connectivity index (χ3n) is 4.20. The van der Waals surface area contributed by atoms with Crippen LogP contribution in [0, 0.1) is 5.92 Å². The van der Waals surface area contributed by atoms with Gasteiger partial charge in [0, 0.05) is 12.7 Å².